The molecule has 1 heterocycles. The summed E-state index contributed by atoms with van der Waals surface area (Å²) in [4.78, 5) is 28.8. The number of esters is 1. The minimum Gasteiger partial charge on any atom is -0.469 e. The predicted molar refractivity (Wildman–Crippen MR) is 111 cm³/mol. The maximum Gasteiger partial charge on any atom is 0.305 e. The van der Waals surface area contributed by atoms with E-state index in [1.165, 1.54) is 12.0 Å². The molecular formula is C22H29NO4S. The van der Waals surface area contributed by atoms with E-state index in [-0.39, 0.29) is 17.7 Å². The number of aromatic nitrogens is 1. The molecule has 6 heteroatoms. The molecule has 0 amide bonds. The Labute approximate surface area is 170 Å². The van der Waals surface area contributed by atoms with Crippen molar-refractivity contribution in [1.29, 1.82) is 0 Å². The summed E-state index contributed by atoms with van der Waals surface area (Å²) in [6.45, 7) is 2.09. The second kappa shape index (κ2) is 11.7. The van der Waals surface area contributed by atoms with Crippen molar-refractivity contribution in [1.82, 2.24) is 4.98 Å². The molecule has 0 saturated carbocycles. The van der Waals surface area contributed by atoms with Crippen molar-refractivity contribution in [2.75, 3.05) is 7.11 Å². The molecule has 28 heavy (non-hydrogen) atoms. The smallest absolute Gasteiger partial charge is 0.305 e. The summed E-state index contributed by atoms with van der Waals surface area (Å²) in [5, 5.41) is 10.3. The molecule has 0 fully saturated rings. The second-order valence-corrected chi connectivity index (χ2v) is 7.77. The van der Waals surface area contributed by atoms with Gasteiger partial charge in [-0.15, -0.1) is 11.3 Å². The average Bonchev–Trinajstić information content (AvgIpc) is 3.28. The topological polar surface area (TPSA) is 76.5 Å². The van der Waals surface area contributed by atoms with Crippen LogP contribution in [0.4, 0.5) is 0 Å². The standard InChI is InChI=1S/C22H29NO4S/c1-3-21-19(23-15-28-21)14-17(24)11-12-18-16(10-13-20(18)25)8-6-4-5-7-9-22(26)27-2/h4,6,10,12-13,15-17,24H,3,5,7-9,11,14H2,1-2H3/b6-4-,18-12+. The molecule has 0 spiro atoms. The number of ketones is 1. The number of aryl methyl sites for hydroxylation is 1. The predicted octanol–water partition coefficient (Wildman–Crippen LogP) is 3.97. The number of thiazole rings is 1. The number of allylic oxidation sites excluding steroid dienone is 5. The summed E-state index contributed by atoms with van der Waals surface area (Å²) in [6, 6.07) is 0. The van der Waals surface area contributed by atoms with Crippen LogP contribution in [0.3, 0.4) is 0 Å². The van der Waals surface area contributed by atoms with Gasteiger partial charge in [-0.05, 0) is 38.2 Å². The fraction of sp³-hybridized carbons (Fsp3) is 0.500. The van der Waals surface area contributed by atoms with Gasteiger partial charge in [0, 0.05) is 29.2 Å². The fourth-order valence-electron chi connectivity index (χ4n) is 3.19. The molecule has 1 aromatic heterocycles. The van der Waals surface area contributed by atoms with Crippen molar-refractivity contribution < 1.29 is 19.4 Å². The zero-order chi connectivity index (χ0) is 20.4. The zero-order valence-corrected chi connectivity index (χ0v) is 17.4. The number of carbonyl (C=O) groups excluding carboxylic acids is 2. The third-order valence-corrected chi connectivity index (χ3v) is 5.80. The monoisotopic (exact) mass is 403 g/mol. The van der Waals surface area contributed by atoms with Gasteiger partial charge in [0.2, 0.25) is 0 Å². The number of aliphatic hydroxyl groups excluding tert-OH is 1. The van der Waals surface area contributed by atoms with Crippen LogP contribution in [0.15, 0.2) is 41.5 Å². The molecular weight excluding hydrogens is 374 g/mol. The van der Waals surface area contributed by atoms with Crippen LogP contribution < -0.4 is 0 Å². The van der Waals surface area contributed by atoms with Gasteiger partial charge < -0.3 is 9.84 Å². The summed E-state index contributed by atoms with van der Waals surface area (Å²) in [6.07, 6.45) is 13.6. The molecule has 0 radical (unpaired) electrons. The Balaban J connectivity index is 1.81. The molecule has 2 atom stereocenters. The Kier molecular flexibility index (Phi) is 9.31. The van der Waals surface area contributed by atoms with Crippen molar-refractivity contribution in [3.63, 3.8) is 0 Å². The molecule has 152 valence electrons. The van der Waals surface area contributed by atoms with Crippen LogP contribution >= 0.6 is 11.3 Å². The number of methoxy groups -OCH3 is 1. The summed E-state index contributed by atoms with van der Waals surface area (Å²) in [5.74, 6) is -0.105. The fourth-order valence-corrected chi connectivity index (χ4v) is 3.93. The normalized spacial score (nSPS) is 19.0. The van der Waals surface area contributed by atoms with E-state index in [1.807, 2.05) is 23.7 Å². The first-order valence-electron chi connectivity index (χ1n) is 9.78. The highest BCUT2D eigenvalue weighted by Crippen LogP contribution is 2.26. The molecule has 1 aromatic rings. The number of carbonyl (C=O) groups is 2. The highest BCUT2D eigenvalue weighted by Gasteiger charge is 2.22. The van der Waals surface area contributed by atoms with E-state index in [9.17, 15) is 14.7 Å². The third-order valence-electron chi connectivity index (χ3n) is 4.79. The number of hydrogen-bond donors (Lipinski definition) is 1. The molecule has 0 aromatic carbocycles. The Hall–Kier alpha value is -2.05. The molecule has 2 unspecified atom stereocenters. The van der Waals surface area contributed by atoms with Crippen LogP contribution in [-0.2, 0) is 27.2 Å². The first kappa shape index (κ1) is 22.2. The molecule has 1 aliphatic carbocycles. The van der Waals surface area contributed by atoms with Gasteiger partial charge >= 0.3 is 5.97 Å². The molecule has 0 aliphatic heterocycles. The Morgan fingerprint density at radius 1 is 1.43 bits per heavy atom. The van der Waals surface area contributed by atoms with E-state index in [2.05, 4.69) is 22.7 Å². The lowest BCUT2D eigenvalue weighted by Crippen LogP contribution is -2.12. The maximum atomic E-state index is 12.1. The van der Waals surface area contributed by atoms with E-state index in [0.717, 1.165) is 37.0 Å². The molecule has 0 bridgehead atoms. The van der Waals surface area contributed by atoms with Crippen molar-refractivity contribution in [3.05, 3.63) is 52.0 Å². The third kappa shape index (κ3) is 6.84. The van der Waals surface area contributed by atoms with E-state index < -0.39 is 6.10 Å². The van der Waals surface area contributed by atoms with Crippen molar-refractivity contribution in [2.24, 2.45) is 5.92 Å². The molecule has 2 rings (SSSR count). The van der Waals surface area contributed by atoms with Crippen LogP contribution in [0.25, 0.3) is 0 Å². The number of aliphatic hydroxyl groups is 1. The van der Waals surface area contributed by atoms with Crippen molar-refractivity contribution in [2.45, 2.75) is 58.0 Å². The van der Waals surface area contributed by atoms with E-state index in [1.54, 1.807) is 17.4 Å². The van der Waals surface area contributed by atoms with Gasteiger partial charge in [0.25, 0.3) is 0 Å². The number of unbranched alkanes of at least 4 members (excludes halogenated alkanes) is 1. The van der Waals surface area contributed by atoms with Gasteiger partial charge in [0.15, 0.2) is 5.78 Å². The Morgan fingerprint density at radius 3 is 3.00 bits per heavy atom. The highest BCUT2D eigenvalue weighted by atomic mass is 32.1. The largest absolute Gasteiger partial charge is 0.469 e. The molecule has 1 aliphatic rings. The number of rotatable bonds is 11. The summed E-state index contributed by atoms with van der Waals surface area (Å²) >= 11 is 1.62. The van der Waals surface area contributed by atoms with Gasteiger partial charge in [-0.25, -0.2) is 4.98 Å². The molecule has 5 nitrogen and oxygen atoms in total. The van der Waals surface area contributed by atoms with Gasteiger partial charge in [0.05, 0.1) is 24.4 Å². The minimum absolute atomic E-state index is 0.0270. The van der Waals surface area contributed by atoms with E-state index >= 15 is 0 Å². The van der Waals surface area contributed by atoms with Gasteiger partial charge in [-0.3, -0.25) is 9.59 Å². The van der Waals surface area contributed by atoms with E-state index in [0.29, 0.717) is 19.3 Å². The Bertz CT molecular complexity index is 747. The summed E-state index contributed by atoms with van der Waals surface area (Å²) < 4.78 is 4.61. The average molecular weight is 404 g/mol. The van der Waals surface area contributed by atoms with E-state index in [4.69, 9.17) is 0 Å². The van der Waals surface area contributed by atoms with Crippen molar-refractivity contribution in [3.8, 4) is 0 Å². The first-order chi connectivity index (χ1) is 13.5. The van der Waals surface area contributed by atoms with Gasteiger partial charge in [-0.2, -0.15) is 0 Å². The number of nitrogens with zero attached hydrogens (tertiary/aromatic N) is 1. The summed E-state index contributed by atoms with van der Waals surface area (Å²) in [7, 11) is 1.39. The number of ether oxygens (including phenoxy) is 1. The van der Waals surface area contributed by atoms with Gasteiger partial charge in [0.1, 0.15) is 0 Å². The molecule has 1 N–H and O–H groups in total. The Morgan fingerprint density at radius 2 is 2.25 bits per heavy atom. The molecule has 0 saturated heterocycles. The number of hydrogen-bond acceptors (Lipinski definition) is 6. The second-order valence-electron chi connectivity index (χ2n) is 6.83. The van der Waals surface area contributed by atoms with Crippen molar-refractivity contribution >= 4 is 23.1 Å². The quantitative estimate of drug-likeness (QED) is 0.262. The first-order valence-corrected chi connectivity index (χ1v) is 10.7. The lowest BCUT2D eigenvalue weighted by Gasteiger charge is -2.11. The highest BCUT2D eigenvalue weighted by molar-refractivity contribution is 7.09. The van der Waals surface area contributed by atoms with Gasteiger partial charge in [-0.1, -0.05) is 31.2 Å². The van der Waals surface area contributed by atoms with Crippen LogP contribution in [0.1, 0.15) is 49.6 Å². The van der Waals surface area contributed by atoms with Crippen LogP contribution in [0.5, 0.6) is 0 Å². The minimum atomic E-state index is -0.539. The SMILES string of the molecule is CCc1scnc1CC(O)C/C=C1/C(=O)C=CC1C/C=C\CCCC(=O)OC. The lowest BCUT2D eigenvalue weighted by atomic mass is 9.95. The van der Waals surface area contributed by atoms with Crippen LogP contribution in [-0.4, -0.2) is 35.1 Å². The van der Waals surface area contributed by atoms with Crippen LogP contribution in [0, 0.1) is 5.92 Å². The maximum absolute atomic E-state index is 12.1. The summed E-state index contributed by atoms with van der Waals surface area (Å²) in [5.41, 5.74) is 3.53. The zero-order valence-electron chi connectivity index (χ0n) is 16.6. The lowest BCUT2D eigenvalue weighted by molar-refractivity contribution is -0.140. The van der Waals surface area contributed by atoms with Crippen LogP contribution in [0.2, 0.25) is 0 Å².